The number of halogens is 1. The van der Waals surface area contributed by atoms with Gasteiger partial charge in [0.05, 0.1) is 6.20 Å². The summed E-state index contributed by atoms with van der Waals surface area (Å²) < 4.78 is 42.1. The molecular formula is C16H15FN4O2S. The van der Waals surface area contributed by atoms with Gasteiger partial charge < -0.3 is 0 Å². The average Bonchev–Trinajstić information content (AvgIpc) is 3.00. The van der Waals surface area contributed by atoms with Crippen LogP contribution in [0.3, 0.4) is 0 Å². The molecule has 0 aliphatic carbocycles. The zero-order valence-corrected chi connectivity index (χ0v) is 13.7. The number of hydrogen-bond acceptors (Lipinski definition) is 4. The van der Waals surface area contributed by atoms with E-state index in [1.807, 2.05) is 19.3 Å². The Bertz CT molecular complexity index is 969. The summed E-state index contributed by atoms with van der Waals surface area (Å²) in [6.07, 6.45) is 6.77. The maximum Gasteiger partial charge on any atom is 0.243 e. The summed E-state index contributed by atoms with van der Waals surface area (Å²) in [5.41, 5.74) is 2.37. The molecule has 0 saturated heterocycles. The second-order valence-electron chi connectivity index (χ2n) is 5.24. The molecule has 0 aliphatic rings. The van der Waals surface area contributed by atoms with Gasteiger partial charge in [-0.3, -0.25) is 9.67 Å². The molecule has 124 valence electrons. The molecule has 0 spiro atoms. The lowest BCUT2D eigenvalue weighted by molar-refractivity contribution is 0.557. The van der Waals surface area contributed by atoms with E-state index in [0.29, 0.717) is 5.56 Å². The molecule has 1 aromatic carbocycles. The molecule has 0 atom stereocenters. The van der Waals surface area contributed by atoms with E-state index in [4.69, 9.17) is 0 Å². The van der Waals surface area contributed by atoms with Gasteiger partial charge in [-0.05, 0) is 23.8 Å². The van der Waals surface area contributed by atoms with Crippen molar-refractivity contribution in [3.05, 3.63) is 66.5 Å². The molecule has 0 saturated carbocycles. The Balaban J connectivity index is 1.79. The van der Waals surface area contributed by atoms with E-state index in [1.165, 1.54) is 18.2 Å². The number of pyridine rings is 1. The first-order chi connectivity index (χ1) is 11.5. The smallest absolute Gasteiger partial charge is 0.243 e. The first-order valence-electron chi connectivity index (χ1n) is 7.13. The lowest BCUT2D eigenvalue weighted by Crippen LogP contribution is -2.24. The Labute approximate surface area is 139 Å². The van der Waals surface area contributed by atoms with E-state index in [1.54, 1.807) is 23.3 Å². The van der Waals surface area contributed by atoms with Gasteiger partial charge >= 0.3 is 0 Å². The fraction of sp³-hybridized carbons (Fsp3) is 0.125. The summed E-state index contributed by atoms with van der Waals surface area (Å²) in [5.74, 6) is -0.785. The van der Waals surface area contributed by atoms with Gasteiger partial charge in [-0.15, -0.1) is 0 Å². The standard InChI is InChI=1S/C16H15FN4O2S/c1-21-11-14(10-19-21)13-6-12(7-18-9-13)8-20-24(22,23)16-5-3-2-4-15(16)17/h2-7,9-11,20H,8H2,1H3. The second-order valence-corrected chi connectivity index (χ2v) is 6.97. The Kier molecular flexibility index (Phi) is 4.41. The van der Waals surface area contributed by atoms with Crippen LogP contribution in [0.5, 0.6) is 0 Å². The normalized spacial score (nSPS) is 11.6. The summed E-state index contributed by atoms with van der Waals surface area (Å²) in [5, 5.41) is 4.09. The monoisotopic (exact) mass is 346 g/mol. The zero-order valence-electron chi connectivity index (χ0n) is 12.8. The molecule has 3 rings (SSSR count). The molecule has 8 heteroatoms. The molecule has 0 unspecified atom stereocenters. The van der Waals surface area contributed by atoms with Crippen molar-refractivity contribution in [1.29, 1.82) is 0 Å². The van der Waals surface area contributed by atoms with Crippen LogP contribution in [-0.4, -0.2) is 23.2 Å². The Morgan fingerprint density at radius 2 is 1.96 bits per heavy atom. The van der Waals surface area contributed by atoms with E-state index in [2.05, 4.69) is 14.8 Å². The predicted molar refractivity (Wildman–Crippen MR) is 86.9 cm³/mol. The molecule has 2 heterocycles. The van der Waals surface area contributed by atoms with Gasteiger partial charge in [0.2, 0.25) is 10.0 Å². The van der Waals surface area contributed by atoms with Gasteiger partial charge in [0.1, 0.15) is 10.7 Å². The lowest BCUT2D eigenvalue weighted by Gasteiger charge is -2.08. The minimum Gasteiger partial charge on any atom is -0.275 e. The molecule has 0 amide bonds. The highest BCUT2D eigenvalue weighted by Crippen LogP contribution is 2.19. The van der Waals surface area contributed by atoms with Gasteiger partial charge in [-0.1, -0.05) is 12.1 Å². The van der Waals surface area contributed by atoms with Crippen molar-refractivity contribution in [2.75, 3.05) is 0 Å². The second kappa shape index (κ2) is 6.50. The van der Waals surface area contributed by atoms with Crippen LogP contribution < -0.4 is 4.72 Å². The molecule has 2 aromatic heterocycles. The predicted octanol–water partition coefficient (Wildman–Crippen LogP) is 2.10. The van der Waals surface area contributed by atoms with E-state index in [9.17, 15) is 12.8 Å². The summed E-state index contributed by atoms with van der Waals surface area (Å²) >= 11 is 0. The number of hydrogen-bond donors (Lipinski definition) is 1. The van der Waals surface area contributed by atoms with Gasteiger partial charge in [-0.2, -0.15) is 5.10 Å². The fourth-order valence-electron chi connectivity index (χ4n) is 2.23. The van der Waals surface area contributed by atoms with E-state index >= 15 is 0 Å². The van der Waals surface area contributed by atoms with Crippen LogP contribution in [0.15, 0.2) is 60.0 Å². The minimum absolute atomic E-state index is 0.0117. The van der Waals surface area contributed by atoms with Gasteiger partial charge in [0, 0.05) is 43.3 Å². The van der Waals surface area contributed by atoms with Crippen molar-refractivity contribution in [2.24, 2.45) is 7.05 Å². The molecule has 0 bridgehead atoms. The van der Waals surface area contributed by atoms with Crippen LogP contribution in [0, 0.1) is 5.82 Å². The van der Waals surface area contributed by atoms with Gasteiger partial charge in [0.25, 0.3) is 0 Å². The Morgan fingerprint density at radius 3 is 2.67 bits per heavy atom. The average molecular weight is 346 g/mol. The number of nitrogens with zero attached hydrogens (tertiary/aromatic N) is 3. The topological polar surface area (TPSA) is 76.9 Å². The molecule has 24 heavy (non-hydrogen) atoms. The van der Waals surface area contributed by atoms with Crippen LogP contribution in [0.1, 0.15) is 5.56 Å². The Morgan fingerprint density at radius 1 is 1.17 bits per heavy atom. The van der Waals surface area contributed by atoms with Crippen molar-refractivity contribution in [3.8, 4) is 11.1 Å². The van der Waals surface area contributed by atoms with Crippen molar-refractivity contribution in [1.82, 2.24) is 19.5 Å². The SMILES string of the molecule is Cn1cc(-c2cncc(CNS(=O)(=O)c3ccccc3F)c2)cn1. The Hall–Kier alpha value is -2.58. The summed E-state index contributed by atoms with van der Waals surface area (Å²) in [6, 6.07) is 7.06. The first-order valence-corrected chi connectivity index (χ1v) is 8.61. The maximum atomic E-state index is 13.7. The van der Waals surface area contributed by atoms with Crippen LogP contribution in [-0.2, 0) is 23.6 Å². The summed E-state index contributed by atoms with van der Waals surface area (Å²) in [6.45, 7) is 0.0117. The maximum absolute atomic E-state index is 13.7. The van der Waals surface area contributed by atoms with Gasteiger partial charge in [0.15, 0.2) is 0 Å². The van der Waals surface area contributed by atoms with Crippen LogP contribution in [0.4, 0.5) is 4.39 Å². The van der Waals surface area contributed by atoms with Crippen LogP contribution in [0.2, 0.25) is 0 Å². The van der Waals surface area contributed by atoms with Crippen LogP contribution in [0.25, 0.3) is 11.1 Å². The zero-order chi connectivity index (χ0) is 17.2. The number of sulfonamides is 1. The van der Waals surface area contributed by atoms with E-state index < -0.39 is 15.8 Å². The number of rotatable bonds is 5. The first kappa shape index (κ1) is 16.3. The molecule has 1 N–H and O–H groups in total. The number of aryl methyl sites for hydroxylation is 1. The summed E-state index contributed by atoms with van der Waals surface area (Å²) in [4.78, 5) is 3.74. The molecule has 0 fully saturated rings. The van der Waals surface area contributed by atoms with E-state index in [0.717, 1.165) is 17.2 Å². The third-order valence-corrected chi connectivity index (χ3v) is 4.86. The molecule has 6 nitrogen and oxygen atoms in total. The highest BCUT2D eigenvalue weighted by molar-refractivity contribution is 7.89. The number of nitrogens with one attached hydrogen (secondary N) is 1. The van der Waals surface area contributed by atoms with E-state index in [-0.39, 0.29) is 11.4 Å². The van der Waals surface area contributed by atoms with Crippen molar-refractivity contribution < 1.29 is 12.8 Å². The molecule has 0 aliphatic heterocycles. The van der Waals surface area contributed by atoms with Crippen molar-refractivity contribution in [2.45, 2.75) is 11.4 Å². The lowest BCUT2D eigenvalue weighted by atomic mass is 10.1. The third kappa shape index (κ3) is 3.50. The van der Waals surface area contributed by atoms with Crippen molar-refractivity contribution >= 4 is 10.0 Å². The fourth-order valence-corrected chi connectivity index (χ4v) is 3.33. The third-order valence-electron chi connectivity index (χ3n) is 3.43. The summed E-state index contributed by atoms with van der Waals surface area (Å²) in [7, 11) is -2.12. The molecular weight excluding hydrogens is 331 g/mol. The molecule has 3 aromatic rings. The highest BCUT2D eigenvalue weighted by Gasteiger charge is 2.18. The molecule has 0 radical (unpaired) electrons. The highest BCUT2D eigenvalue weighted by atomic mass is 32.2. The number of benzene rings is 1. The largest absolute Gasteiger partial charge is 0.275 e. The van der Waals surface area contributed by atoms with Gasteiger partial charge in [-0.25, -0.2) is 17.5 Å². The quantitative estimate of drug-likeness (QED) is 0.767. The number of aromatic nitrogens is 3. The van der Waals surface area contributed by atoms with Crippen molar-refractivity contribution in [3.63, 3.8) is 0 Å². The van der Waals surface area contributed by atoms with Crippen LogP contribution >= 0.6 is 0 Å². The minimum atomic E-state index is -3.93.